The van der Waals surface area contributed by atoms with E-state index in [1.54, 1.807) is 0 Å². The van der Waals surface area contributed by atoms with E-state index in [0.29, 0.717) is 0 Å². The quantitative estimate of drug-likeness (QED) is 0.0120. The van der Waals surface area contributed by atoms with Crippen LogP contribution in [-0.2, 0) is 57.1 Å². The van der Waals surface area contributed by atoms with Gasteiger partial charge in [-0.05, 0) is 48.5 Å². The Kier molecular flexibility index (Phi) is 20.3. The Hall–Kier alpha value is -9.06. The topological polar surface area (TPSA) is 578 Å². The minimum absolute atomic E-state index is 0.0232. The molecule has 1 aliphatic carbocycles. The predicted octanol–water partition coefficient (Wildman–Crippen LogP) is -4.43. The zero-order chi connectivity index (χ0) is 68.8. The molecule has 95 heavy (non-hydrogen) atoms. The lowest BCUT2D eigenvalue weighted by atomic mass is 9.97. The van der Waals surface area contributed by atoms with E-state index in [2.05, 4.69) is 0 Å². The van der Waals surface area contributed by atoms with E-state index in [1.807, 2.05) is 0 Å². The van der Waals surface area contributed by atoms with Crippen molar-refractivity contribution in [3.8, 4) is 80.0 Å². The van der Waals surface area contributed by atoms with Crippen LogP contribution in [0.4, 0.5) is 0 Å². The molecule has 0 radical (unpaired) electrons. The van der Waals surface area contributed by atoms with E-state index in [-0.39, 0.29) is 34.0 Å². The average molecular weight is 1350 g/mol. The summed E-state index contributed by atoms with van der Waals surface area (Å²) >= 11 is 0. The Bertz CT molecular complexity index is 3890. The SMILES string of the molecule is CC(=O)OC1C(O)C(COC(=O)CC(=O)OC2C(Oc3cc(O)c4c(=[OH+])c(OC5OC(CO)C(O)C(O)C5OC5OC(CO)C(O)C(O)C5O)c(-c5ccc(O)cc5)oc4c3)OC(C(=O)O)C(O)C2O)OC(Oc2cc3c(O)cc(=O)cc-3oc2-c2ccc(O)c(O)c2)C1O. The van der Waals surface area contributed by atoms with Crippen LogP contribution in [-0.4, -0.2) is 258 Å². The summed E-state index contributed by atoms with van der Waals surface area (Å²) < 4.78 is 73.7. The standard InChI is InChI=1S/C59H60O36/c1-18(62)84-50-40(73)34(91-57(47(50)80)88-31-13-24-26(66)9-22(64)10-29(24)86-48(31)20-4-7-25(65)27(67)8-20)17-83-35(69)14-36(70)92-53-45(78)44(77)52(55(81)82)94-58(53)85-23-11-28(68)37-30(12-23)87-49(19-2-5-21(63)6-3-19)51(41(37)74)93-59-54(43(76)39(72)33(16-61)90-59)95-56-46(79)42(75)38(71)32(15-60)89-56/h2-13,32-34,38-40,42-47,50,52-54,56-61,63,65-68,71-73,75-80H,14-17H2,1H3,(H,81,82)/p+1. The van der Waals surface area contributed by atoms with E-state index in [1.165, 1.54) is 18.2 Å². The van der Waals surface area contributed by atoms with Crippen molar-refractivity contribution < 1.29 is 172 Å². The molecule has 0 saturated carbocycles. The number of ether oxygens (including phenoxy) is 11. The molecule has 36 nitrogen and oxygen atoms in total. The molecule has 5 aliphatic heterocycles. The second-order valence-corrected chi connectivity index (χ2v) is 22.0. The van der Waals surface area contributed by atoms with Gasteiger partial charge in [0.05, 0.1) is 18.8 Å². The van der Waals surface area contributed by atoms with E-state index < -0.39 is 241 Å². The first kappa shape index (κ1) is 68.8. The number of carboxylic acid groups (broad SMARTS) is 1. The Morgan fingerprint density at radius 2 is 1.18 bits per heavy atom. The molecule has 1 aromatic heterocycles. The number of carbonyl (C=O) groups is 4. The number of carboxylic acids is 1. The maximum atomic E-state index is 13.6. The van der Waals surface area contributed by atoms with Crippen molar-refractivity contribution in [3.63, 3.8) is 0 Å². The Morgan fingerprint density at radius 3 is 1.84 bits per heavy atom. The van der Waals surface area contributed by atoms with Crippen molar-refractivity contribution in [2.24, 2.45) is 0 Å². The second kappa shape index (κ2) is 28.1. The summed E-state index contributed by atoms with van der Waals surface area (Å²) in [6, 6.07) is 12.6. The van der Waals surface area contributed by atoms with Crippen molar-refractivity contribution in [3.05, 3.63) is 88.4 Å². The lowest BCUT2D eigenvalue weighted by Crippen LogP contribution is -2.65. The van der Waals surface area contributed by atoms with Gasteiger partial charge in [-0.25, -0.2) is 4.79 Å². The third-order valence-corrected chi connectivity index (χ3v) is 15.5. The fourth-order valence-electron chi connectivity index (χ4n) is 10.7. The molecule has 0 bridgehead atoms. The van der Waals surface area contributed by atoms with Crippen LogP contribution in [0.5, 0.6) is 46.0 Å². The van der Waals surface area contributed by atoms with Crippen molar-refractivity contribution in [2.75, 3.05) is 19.8 Å². The molecule has 512 valence electrons. The Morgan fingerprint density at radius 1 is 0.537 bits per heavy atom. The van der Waals surface area contributed by atoms with Crippen LogP contribution < -0.4 is 25.1 Å². The molecule has 4 aromatic rings. The largest absolute Gasteiger partial charge is 0.508 e. The molecular weight excluding hydrogens is 1280 g/mol. The summed E-state index contributed by atoms with van der Waals surface area (Å²) in [5.41, 5.74) is -2.49. The van der Waals surface area contributed by atoms with E-state index in [0.717, 1.165) is 61.5 Å². The molecule has 0 amide bonds. The highest BCUT2D eigenvalue weighted by atomic mass is 16.8. The van der Waals surface area contributed by atoms with Crippen LogP contribution in [0.3, 0.4) is 0 Å². The number of hydrogen-bond acceptors (Lipinski definition) is 34. The number of carbonyl (C=O) groups excluding carboxylic acids is 3. The summed E-state index contributed by atoms with van der Waals surface area (Å²) in [5, 5.41) is 181. The molecule has 0 spiro atoms. The van der Waals surface area contributed by atoms with Crippen molar-refractivity contribution >= 4 is 34.8 Å². The lowest BCUT2D eigenvalue weighted by Gasteiger charge is -2.45. The van der Waals surface area contributed by atoms with Crippen LogP contribution in [0, 0.1) is 0 Å². The van der Waals surface area contributed by atoms with E-state index in [4.69, 9.17) is 60.9 Å². The first-order valence-corrected chi connectivity index (χ1v) is 28.4. The maximum absolute atomic E-state index is 13.6. The average Bonchev–Trinajstić information content (AvgIpc) is 0.764. The van der Waals surface area contributed by atoms with Gasteiger partial charge in [-0.2, -0.15) is 0 Å². The minimum atomic E-state index is -2.42. The number of aromatic hydroxyl groups is 5. The van der Waals surface area contributed by atoms with E-state index >= 15 is 0 Å². The molecular formula is C59H61O36+. The smallest absolute Gasteiger partial charge is 0.400 e. The van der Waals surface area contributed by atoms with Gasteiger partial charge in [0.2, 0.25) is 18.9 Å². The summed E-state index contributed by atoms with van der Waals surface area (Å²) in [4.78, 5) is 75.8. The van der Waals surface area contributed by atoms with Gasteiger partial charge in [-0.1, -0.05) is 0 Å². The van der Waals surface area contributed by atoms with Crippen molar-refractivity contribution in [1.29, 1.82) is 0 Å². The summed E-state index contributed by atoms with van der Waals surface area (Å²) in [7, 11) is 0. The number of hydrogen-bond donors (Lipinski definition) is 17. The second-order valence-electron chi connectivity index (χ2n) is 22.0. The molecule has 6 aliphatic rings. The summed E-state index contributed by atoms with van der Waals surface area (Å²) in [5.74, 6) is -12.0. The third-order valence-electron chi connectivity index (χ3n) is 15.5. The van der Waals surface area contributed by atoms with Gasteiger partial charge in [-0.15, -0.1) is 0 Å². The zero-order valence-corrected chi connectivity index (χ0v) is 48.7. The number of esters is 3. The monoisotopic (exact) mass is 1350 g/mol. The maximum Gasteiger partial charge on any atom is 0.400 e. The molecule has 10 rings (SSSR count). The third kappa shape index (κ3) is 14.2. The van der Waals surface area contributed by atoms with Crippen molar-refractivity contribution in [1.82, 2.24) is 0 Å². The lowest BCUT2D eigenvalue weighted by molar-refractivity contribution is -0.358. The van der Waals surface area contributed by atoms with Gasteiger partial charge in [-0.3, -0.25) is 24.0 Å². The summed E-state index contributed by atoms with van der Waals surface area (Å²) in [6.45, 7) is -2.02. The van der Waals surface area contributed by atoms with Crippen LogP contribution in [0.2, 0.25) is 0 Å². The number of rotatable bonds is 19. The van der Waals surface area contributed by atoms with Gasteiger partial charge in [0.15, 0.2) is 82.0 Å². The molecule has 18 N–H and O–H groups in total. The van der Waals surface area contributed by atoms with Crippen LogP contribution in [0.25, 0.3) is 44.9 Å². The van der Waals surface area contributed by atoms with Crippen LogP contribution >= 0.6 is 0 Å². The fourth-order valence-corrected chi connectivity index (χ4v) is 10.7. The minimum Gasteiger partial charge on any atom is -0.508 e. The number of benzene rings is 4. The molecule has 4 fully saturated rings. The van der Waals surface area contributed by atoms with Crippen molar-refractivity contribution in [2.45, 2.75) is 136 Å². The number of phenols is 5. The molecule has 20 atom stereocenters. The molecule has 6 heterocycles. The molecule has 20 unspecified atom stereocenters. The first-order valence-electron chi connectivity index (χ1n) is 28.4. The molecule has 3 aromatic carbocycles. The zero-order valence-electron chi connectivity index (χ0n) is 48.7. The number of aliphatic carboxylic acids is 1. The molecule has 4 saturated heterocycles. The number of aliphatic hydroxyl groups excluding tert-OH is 11. The highest BCUT2D eigenvalue weighted by Gasteiger charge is 2.54. The van der Waals surface area contributed by atoms with Gasteiger partial charge >= 0.3 is 29.3 Å². The Labute approximate surface area is 529 Å². The normalized spacial score (nSPS) is 30.9. The first-order chi connectivity index (χ1) is 45.0. The van der Waals surface area contributed by atoms with Gasteiger partial charge in [0.25, 0.3) is 5.75 Å². The summed E-state index contributed by atoms with van der Waals surface area (Å²) in [6.07, 6.45) is -42.4. The highest BCUT2D eigenvalue weighted by Crippen LogP contribution is 2.45. The van der Waals surface area contributed by atoms with Crippen LogP contribution in [0.1, 0.15) is 13.3 Å². The van der Waals surface area contributed by atoms with Crippen LogP contribution in [0.15, 0.2) is 86.4 Å². The Balaban J connectivity index is 0.889. The van der Waals surface area contributed by atoms with Gasteiger partial charge < -0.3 is 148 Å². The van der Waals surface area contributed by atoms with E-state index in [9.17, 15) is 116 Å². The molecule has 36 heteroatoms. The predicted molar refractivity (Wildman–Crippen MR) is 300 cm³/mol. The number of aliphatic hydroxyl groups is 11. The highest BCUT2D eigenvalue weighted by molar-refractivity contribution is 5.91. The fraction of sp³-hybridized carbons (Fsp3) is 0.424. The van der Waals surface area contributed by atoms with Gasteiger partial charge in [0, 0.05) is 42.3 Å². The number of fused-ring (bicyclic) bond motifs is 2. The number of phenolic OH excluding ortho intramolecular Hbond substituents is 5. The van der Waals surface area contributed by atoms with Gasteiger partial charge in [0.1, 0.15) is 109 Å².